The van der Waals surface area contributed by atoms with E-state index in [4.69, 9.17) is 32.7 Å². The van der Waals surface area contributed by atoms with Gasteiger partial charge in [-0.2, -0.15) is 73.8 Å². The summed E-state index contributed by atoms with van der Waals surface area (Å²) in [5, 5.41) is 38.3. The summed E-state index contributed by atoms with van der Waals surface area (Å²) in [5.74, 6) is -4.88. The van der Waals surface area contributed by atoms with Gasteiger partial charge in [-0.1, -0.05) is 24.3 Å². The summed E-state index contributed by atoms with van der Waals surface area (Å²) in [6.45, 7) is 0. The number of nitrogens with one attached hydrogen (secondary N) is 6. The Morgan fingerprint density at radius 3 is 1.09 bits per heavy atom. The van der Waals surface area contributed by atoms with Crippen LogP contribution in [0.15, 0.2) is 151 Å². The van der Waals surface area contributed by atoms with Gasteiger partial charge >= 0.3 is 172 Å². The van der Waals surface area contributed by atoms with Gasteiger partial charge in [0.15, 0.2) is 11.4 Å². The van der Waals surface area contributed by atoms with Crippen LogP contribution < -0.4 is 189 Å². The van der Waals surface area contributed by atoms with E-state index >= 15 is 0 Å². The predicted octanol–water partition coefficient (Wildman–Crippen LogP) is -7.26. The van der Waals surface area contributed by atoms with Gasteiger partial charge in [0.05, 0.1) is 46.5 Å². The number of benzene rings is 6. The first-order valence-corrected chi connectivity index (χ1v) is 32.1. The number of aromatic carboxylic acids is 2. The Bertz CT molecular complexity index is 4840. The van der Waals surface area contributed by atoms with Crippen molar-refractivity contribution in [1.82, 2.24) is 29.9 Å². The van der Waals surface area contributed by atoms with Crippen LogP contribution in [0.5, 0.6) is 12.0 Å². The van der Waals surface area contributed by atoms with E-state index in [1.165, 1.54) is 123 Å². The maximum Gasteiger partial charge on any atom is 1.00 e. The van der Waals surface area contributed by atoms with Crippen LogP contribution in [0, 0.1) is 0 Å². The van der Waals surface area contributed by atoms with Gasteiger partial charge in [0, 0.05) is 62.6 Å². The van der Waals surface area contributed by atoms with Crippen LogP contribution in [0.4, 0.5) is 57.4 Å². The molecule has 0 fully saturated rings. The zero-order valence-corrected chi connectivity index (χ0v) is 68.5. The molecule has 0 saturated heterocycles. The quantitative estimate of drug-likeness (QED) is 0.0192. The van der Waals surface area contributed by atoms with Crippen molar-refractivity contribution in [3.63, 3.8) is 0 Å². The molecule has 490 valence electrons. The molecule has 0 aliphatic heterocycles. The maximum absolute atomic E-state index is 13.5. The third-order valence-electron chi connectivity index (χ3n) is 12.6. The normalized spacial score (nSPS) is 13.0. The Labute approximate surface area is 698 Å². The molecule has 12 N–H and O–H groups in total. The van der Waals surface area contributed by atoms with Gasteiger partial charge in [0.2, 0.25) is 34.0 Å². The number of carbonyl (C=O) groups excluding carboxylic acids is 2. The number of Topliss-reactive ketones (excluding diaryl/α,β-unsaturated/α-hetero) is 2. The fraction of sp³-hybridized carbons (Fsp3) is 0.0370. The molecule has 0 spiro atoms. The summed E-state index contributed by atoms with van der Waals surface area (Å²) >= 11 is 11.7. The number of rotatable bonds is 20. The number of hydrogen-bond acceptors (Lipinski definition) is 28. The number of carbonyl (C=O) groups is 4. The van der Waals surface area contributed by atoms with Gasteiger partial charge in [-0.25, -0.2) is 9.59 Å². The second-order valence-electron chi connectivity index (χ2n) is 18.8. The van der Waals surface area contributed by atoms with Crippen molar-refractivity contribution in [2.24, 2.45) is 10.2 Å². The zero-order valence-electron chi connectivity index (χ0n) is 52.5. The molecular weight excluding hydrogens is 1530 g/mol. The molecule has 2 aliphatic rings. The van der Waals surface area contributed by atoms with Crippen molar-refractivity contribution in [3.05, 3.63) is 175 Å². The van der Waals surface area contributed by atoms with E-state index in [9.17, 15) is 81.3 Å². The number of ether oxygens (including phenoxy) is 2. The number of ketones is 2. The standard InChI is InChI=1S/2C27H20ClN7O10S2.Cr.5Na/c2*1-45-27-32-25(28)31-26(33-27)30-16-7-8-20(19(12-16)24(37)38)34-35-22-21(47(42,43)44)9-13-5-6-15(11-18(13)23(22)36)29-14-3-2-4-17(10-14)46(39,40)41;;;;;;/h2*2-12,29,34H,1H3,(H,37,38)(H,39,40,41)(H,42,43,44)(H,30,31,32,33);;;;;;/q;;;5*+1/b2*35-22+;;;;;;. The van der Waals surface area contributed by atoms with Gasteiger partial charge in [0.25, 0.3) is 40.5 Å². The molecular formula is C54H40Cl2CrN14Na5O20S4+5. The Morgan fingerprint density at radius 2 is 0.770 bits per heavy atom. The van der Waals surface area contributed by atoms with Crippen LogP contribution in [-0.2, 0) is 57.8 Å². The molecule has 34 nitrogen and oxygen atoms in total. The van der Waals surface area contributed by atoms with Crippen LogP contribution in [0.3, 0.4) is 0 Å². The molecule has 2 aliphatic carbocycles. The summed E-state index contributed by atoms with van der Waals surface area (Å²) in [7, 11) is -16.4. The first kappa shape index (κ1) is 88.8. The molecule has 0 atom stereocenters. The average molecular weight is 1570 g/mol. The van der Waals surface area contributed by atoms with Gasteiger partial charge < -0.3 is 41.0 Å². The molecule has 100 heavy (non-hydrogen) atoms. The zero-order chi connectivity index (χ0) is 68.2. The number of fused-ring (bicyclic) bond motifs is 2. The number of carboxylic acids is 2. The van der Waals surface area contributed by atoms with Crippen LogP contribution in [0.1, 0.15) is 52.6 Å². The molecule has 0 unspecified atom stereocenters. The number of hydrogen-bond donors (Lipinski definition) is 12. The smallest absolute Gasteiger partial charge is 0.478 e. The number of carboxylic acid groups (broad SMARTS) is 2. The molecule has 8 aromatic rings. The van der Waals surface area contributed by atoms with Crippen molar-refractivity contribution >= 4 is 168 Å². The summed E-state index contributed by atoms with van der Waals surface area (Å²) in [6.07, 6.45) is 2.02. The second-order valence-corrected chi connectivity index (χ2v) is 25.1. The molecule has 0 amide bonds. The van der Waals surface area contributed by atoms with Crippen LogP contribution >= 0.6 is 23.2 Å². The molecule has 10 rings (SSSR count). The summed E-state index contributed by atoms with van der Waals surface area (Å²) in [5.41, 5.74) is 3.70. The van der Waals surface area contributed by atoms with Crippen LogP contribution in [0.2, 0.25) is 10.6 Å². The Hall–Kier alpha value is -5.41. The van der Waals surface area contributed by atoms with Crippen LogP contribution in [-0.4, -0.2) is 141 Å². The topological polar surface area (TPSA) is 519 Å². The van der Waals surface area contributed by atoms with Gasteiger partial charge in [-0.05, 0) is 144 Å². The van der Waals surface area contributed by atoms with Crippen molar-refractivity contribution in [2.45, 2.75) is 9.79 Å². The molecule has 0 bridgehead atoms. The first-order valence-electron chi connectivity index (χ1n) is 25.6. The number of allylic oxidation sites excluding steroid dienone is 2. The minimum atomic E-state index is -5.00. The number of aromatic nitrogens is 6. The molecule has 0 radical (unpaired) electrons. The minimum absolute atomic E-state index is 0. The van der Waals surface area contributed by atoms with Gasteiger partial charge in [0.1, 0.15) is 9.81 Å². The monoisotopic (exact) mass is 1570 g/mol. The third kappa shape index (κ3) is 22.8. The largest absolute Gasteiger partial charge is 1.00 e. The van der Waals surface area contributed by atoms with E-state index in [2.05, 4.69) is 72.2 Å². The van der Waals surface area contributed by atoms with E-state index < -0.39 is 85.2 Å². The number of methoxy groups -OCH3 is 2. The molecule has 2 heterocycles. The second kappa shape index (κ2) is 37.3. The van der Waals surface area contributed by atoms with Crippen molar-refractivity contribution in [2.75, 3.05) is 46.3 Å². The fourth-order valence-electron chi connectivity index (χ4n) is 8.46. The number of hydrazone groups is 2. The van der Waals surface area contributed by atoms with Crippen LogP contribution in [0.25, 0.3) is 12.2 Å². The molecule has 46 heteroatoms. The third-order valence-corrected chi connectivity index (χ3v) is 16.4. The van der Waals surface area contributed by atoms with Gasteiger partial charge in [-0.3, -0.25) is 38.7 Å². The van der Waals surface area contributed by atoms with E-state index in [-0.39, 0.29) is 288 Å². The van der Waals surface area contributed by atoms with Gasteiger partial charge in [-0.15, -0.1) is 0 Å². The fourth-order valence-corrected chi connectivity index (χ4v) is 11.1. The van der Waals surface area contributed by atoms with Crippen molar-refractivity contribution in [1.29, 1.82) is 0 Å². The van der Waals surface area contributed by atoms with E-state index in [0.717, 1.165) is 24.3 Å². The molecule has 6 aromatic carbocycles. The number of nitrogens with zero attached hydrogens (tertiary/aromatic N) is 8. The SMILES string of the molecule is COc1nc(Cl)nc(Nc2ccc(N/N=C3/C(=O)c4cc(Nc5cccc(S(=O)(=O)O)c5)ccc4C=C3S(=O)(=O)O)c(C(=O)O)c2)n1.COc1nc(Cl)nc(Nc2ccc(N/N=C3/C(=O)c4cc(Nc5cccc(S(=O)(=O)O)c5)ccc4C=C3S(=O)(=O)O)c(C(=O)O)c2)n1.[Cr].[Na+].[Na+].[Na+].[Na+].[Na+]. The van der Waals surface area contributed by atoms with Crippen molar-refractivity contribution < 1.29 is 256 Å². The van der Waals surface area contributed by atoms with Crippen molar-refractivity contribution in [3.8, 4) is 12.0 Å². The Balaban J connectivity index is 0.000000491. The minimum Gasteiger partial charge on any atom is -0.478 e. The van der Waals surface area contributed by atoms with E-state index in [0.29, 0.717) is 0 Å². The Kier molecular flexibility index (Phi) is 33.2. The summed E-state index contributed by atoms with van der Waals surface area (Å²) in [4.78, 5) is 71.9. The van der Waals surface area contributed by atoms with E-state index in [1.807, 2.05) is 0 Å². The predicted molar refractivity (Wildman–Crippen MR) is 338 cm³/mol. The number of anilines is 10. The molecule has 2 aromatic heterocycles. The molecule has 0 saturated carbocycles. The number of halogens is 2. The first-order chi connectivity index (χ1) is 44.2. The summed E-state index contributed by atoms with van der Waals surface area (Å²) in [6, 6.07) is 26.2. The maximum atomic E-state index is 13.5. The van der Waals surface area contributed by atoms with E-state index in [1.54, 1.807) is 0 Å². The Morgan fingerprint density at radius 1 is 0.440 bits per heavy atom. The average Bonchev–Trinajstić information content (AvgIpc) is 0.772. The summed E-state index contributed by atoms with van der Waals surface area (Å²) < 4.78 is 143.